The van der Waals surface area contributed by atoms with E-state index in [4.69, 9.17) is 0 Å². The maximum atomic E-state index is 14.9. The van der Waals surface area contributed by atoms with E-state index in [2.05, 4.69) is 0 Å². The fourth-order valence-corrected chi connectivity index (χ4v) is 4.86. The van der Waals surface area contributed by atoms with Crippen LogP contribution in [0.2, 0.25) is 0 Å². The van der Waals surface area contributed by atoms with Gasteiger partial charge in [-0.25, -0.2) is 4.39 Å². The molecule has 3 amide bonds. The van der Waals surface area contributed by atoms with Gasteiger partial charge in [0.25, 0.3) is 0 Å². The molecule has 0 aliphatic carbocycles. The summed E-state index contributed by atoms with van der Waals surface area (Å²) in [5.74, 6) is -1.56. The largest absolute Gasteiger partial charge is 0.393 e. The summed E-state index contributed by atoms with van der Waals surface area (Å²) in [6.07, 6.45) is 1.23. The van der Waals surface area contributed by atoms with E-state index in [-0.39, 0.29) is 48.8 Å². The van der Waals surface area contributed by atoms with E-state index < -0.39 is 17.1 Å². The monoisotopic (exact) mass is 447 g/mol. The molecule has 1 aromatic carbocycles. The Bertz CT molecular complexity index is 853. The van der Waals surface area contributed by atoms with Crippen LogP contribution in [0.15, 0.2) is 24.3 Å². The number of hydrogen-bond acceptors (Lipinski definition) is 5. The van der Waals surface area contributed by atoms with Crippen molar-refractivity contribution in [1.29, 1.82) is 0 Å². The Hall–Kier alpha value is -2.32. The molecule has 3 rings (SSSR count). The number of likely N-dealkylation sites (tertiary alicyclic amines) is 2. The average Bonchev–Trinajstić information content (AvgIpc) is 3.01. The Balaban J connectivity index is 1.84. The quantitative estimate of drug-likeness (QED) is 0.615. The number of carbonyl (C=O) groups is 3. The van der Waals surface area contributed by atoms with Gasteiger partial charge in [0.2, 0.25) is 17.7 Å². The molecule has 176 valence electrons. The maximum absolute atomic E-state index is 14.9. The highest BCUT2D eigenvalue weighted by atomic mass is 19.1. The van der Waals surface area contributed by atoms with Crippen molar-refractivity contribution >= 4 is 17.7 Å². The highest BCUT2D eigenvalue weighted by molar-refractivity contribution is 6.10. The number of hydrogen-bond donors (Lipinski definition) is 1. The first kappa shape index (κ1) is 24.3. The second-order valence-electron chi connectivity index (χ2n) is 9.26. The lowest BCUT2D eigenvalue weighted by molar-refractivity contribution is -0.143. The predicted octanol–water partition coefficient (Wildman–Crippen LogP) is 1.78. The second-order valence-corrected chi connectivity index (χ2v) is 9.26. The molecule has 0 aromatic heterocycles. The third-order valence-corrected chi connectivity index (χ3v) is 6.88. The first-order valence-electron chi connectivity index (χ1n) is 11.4. The van der Waals surface area contributed by atoms with Gasteiger partial charge in [-0.3, -0.25) is 19.3 Å². The van der Waals surface area contributed by atoms with Gasteiger partial charge in [0.15, 0.2) is 0 Å². The Morgan fingerprint density at radius 3 is 2.50 bits per heavy atom. The smallest absolute Gasteiger partial charge is 0.241 e. The molecule has 1 aromatic rings. The standard InChI is InChI=1S/C24H34FN3O4/c1-4-20(29)17-9-11-27(12-10-17)21(30)15-24(18-7-5-6-8-19(18)25)16-22(31)28(23(24)32)14-13-26(2)3/h5-8,17,20,29H,4,9-16H2,1-3H3. The van der Waals surface area contributed by atoms with Crippen LogP contribution in [0.4, 0.5) is 4.39 Å². The number of aliphatic hydroxyl groups excluding tert-OH is 1. The molecule has 1 N–H and O–H groups in total. The van der Waals surface area contributed by atoms with Crippen molar-refractivity contribution < 1.29 is 23.9 Å². The van der Waals surface area contributed by atoms with Crippen LogP contribution in [0.5, 0.6) is 0 Å². The highest BCUT2D eigenvalue weighted by Gasteiger charge is 2.55. The van der Waals surface area contributed by atoms with Crippen LogP contribution in [0.3, 0.4) is 0 Å². The van der Waals surface area contributed by atoms with Crippen LogP contribution in [-0.2, 0) is 19.8 Å². The van der Waals surface area contributed by atoms with Gasteiger partial charge in [-0.15, -0.1) is 0 Å². The number of benzene rings is 1. The van der Waals surface area contributed by atoms with Crippen molar-refractivity contribution in [2.45, 2.75) is 50.5 Å². The molecule has 32 heavy (non-hydrogen) atoms. The number of likely N-dealkylation sites (N-methyl/N-ethyl adjacent to an activating group) is 1. The van der Waals surface area contributed by atoms with Gasteiger partial charge < -0.3 is 14.9 Å². The van der Waals surface area contributed by atoms with Crippen molar-refractivity contribution in [2.24, 2.45) is 5.92 Å². The van der Waals surface area contributed by atoms with E-state index in [9.17, 15) is 23.9 Å². The third-order valence-electron chi connectivity index (χ3n) is 6.88. The first-order valence-corrected chi connectivity index (χ1v) is 11.4. The minimum atomic E-state index is -1.52. The molecular formula is C24H34FN3O4. The molecular weight excluding hydrogens is 413 g/mol. The maximum Gasteiger partial charge on any atom is 0.241 e. The summed E-state index contributed by atoms with van der Waals surface area (Å²) in [4.78, 5) is 44.3. The van der Waals surface area contributed by atoms with Gasteiger partial charge in [0, 0.05) is 44.6 Å². The number of nitrogens with zero attached hydrogens (tertiary/aromatic N) is 3. The zero-order valence-electron chi connectivity index (χ0n) is 19.2. The lowest BCUT2D eigenvalue weighted by Gasteiger charge is -2.36. The van der Waals surface area contributed by atoms with E-state index in [0.29, 0.717) is 38.9 Å². The van der Waals surface area contributed by atoms with Crippen LogP contribution < -0.4 is 0 Å². The summed E-state index contributed by atoms with van der Waals surface area (Å²) in [5.41, 5.74) is -1.42. The third kappa shape index (κ3) is 4.86. The molecule has 2 atom stereocenters. The van der Waals surface area contributed by atoms with E-state index in [1.54, 1.807) is 11.0 Å². The zero-order valence-corrected chi connectivity index (χ0v) is 19.2. The van der Waals surface area contributed by atoms with Crippen molar-refractivity contribution in [3.05, 3.63) is 35.6 Å². The average molecular weight is 448 g/mol. The number of imide groups is 1. The van der Waals surface area contributed by atoms with E-state index >= 15 is 0 Å². The van der Waals surface area contributed by atoms with Crippen LogP contribution in [0.1, 0.15) is 44.6 Å². The fourth-order valence-electron chi connectivity index (χ4n) is 4.86. The number of rotatable bonds is 8. The molecule has 8 heteroatoms. The minimum Gasteiger partial charge on any atom is -0.393 e. The number of amides is 3. The number of halogens is 1. The van der Waals surface area contributed by atoms with Gasteiger partial charge in [0.1, 0.15) is 5.82 Å². The Morgan fingerprint density at radius 1 is 1.25 bits per heavy atom. The molecule has 2 fully saturated rings. The first-order chi connectivity index (χ1) is 15.2. The Morgan fingerprint density at radius 2 is 1.91 bits per heavy atom. The predicted molar refractivity (Wildman–Crippen MR) is 118 cm³/mol. The lowest BCUT2D eigenvalue weighted by Crippen LogP contribution is -2.47. The second kappa shape index (κ2) is 10.1. The summed E-state index contributed by atoms with van der Waals surface area (Å²) in [6, 6.07) is 5.93. The Kier molecular flexibility index (Phi) is 7.67. The zero-order chi connectivity index (χ0) is 23.5. The SMILES string of the molecule is CCC(O)C1CCN(C(=O)CC2(c3ccccc3F)CC(=O)N(CCN(C)C)C2=O)CC1. The van der Waals surface area contributed by atoms with E-state index in [1.807, 2.05) is 25.9 Å². The van der Waals surface area contributed by atoms with E-state index in [0.717, 1.165) is 0 Å². The Labute approximate surface area is 189 Å². The van der Waals surface area contributed by atoms with Gasteiger partial charge >= 0.3 is 0 Å². The number of piperidine rings is 1. The molecule has 7 nitrogen and oxygen atoms in total. The van der Waals surface area contributed by atoms with Crippen LogP contribution >= 0.6 is 0 Å². The van der Waals surface area contributed by atoms with Crippen molar-refractivity contribution in [3.8, 4) is 0 Å². The van der Waals surface area contributed by atoms with Crippen LogP contribution in [0, 0.1) is 11.7 Å². The van der Waals surface area contributed by atoms with Gasteiger partial charge in [-0.05, 0) is 45.3 Å². The topological polar surface area (TPSA) is 81.2 Å². The van der Waals surface area contributed by atoms with E-state index in [1.165, 1.54) is 23.1 Å². The minimum absolute atomic E-state index is 0.107. The van der Waals surface area contributed by atoms with Gasteiger partial charge in [-0.1, -0.05) is 25.1 Å². The van der Waals surface area contributed by atoms with Crippen molar-refractivity contribution in [3.63, 3.8) is 0 Å². The number of carbonyl (C=O) groups excluding carboxylic acids is 3. The molecule has 0 saturated carbocycles. The summed E-state index contributed by atoms with van der Waals surface area (Å²) < 4.78 is 14.9. The summed E-state index contributed by atoms with van der Waals surface area (Å²) in [5, 5.41) is 10.1. The summed E-state index contributed by atoms with van der Waals surface area (Å²) in [7, 11) is 3.69. The van der Waals surface area contributed by atoms with Gasteiger partial charge in [-0.2, -0.15) is 0 Å². The molecule has 2 aliphatic rings. The lowest BCUT2D eigenvalue weighted by atomic mass is 9.75. The highest BCUT2D eigenvalue weighted by Crippen LogP contribution is 2.41. The normalized spacial score (nSPS) is 23.3. The van der Waals surface area contributed by atoms with Crippen molar-refractivity contribution in [2.75, 3.05) is 40.3 Å². The molecule has 2 unspecified atom stereocenters. The molecule has 2 heterocycles. The molecule has 0 bridgehead atoms. The summed E-state index contributed by atoms with van der Waals surface area (Å²) in [6.45, 7) is 3.60. The fraction of sp³-hybridized carbons (Fsp3) is 0.625. The van der Waals surface area contributed by atoms with Crippen LogP contribution in [-0.4, -0.2) is 83.9 Å². The van der Waals surface area contributed by atoms with Crippen LogP contribution in [0.25, 0.3) is 0 Å². The molecule has 0 radical (unpaired) electrons. The molecule has 2 aliphatic heterocycles. The van der Waals surface area contributed by atoms with Gasteiger partial charge in [0.05, 0.1) is 11.5 Å². The molecule has 0 spiro atoms. The van der Waals surface area contributed by atoms with Crippen molar-refractivity contribution in [1.82, 2.24) is 14.7 Å². The number of aliphatic hydroxyl groups is 1. The molecule has 2 saturated heterocycles. The summed E-state index contributed by atoms with van der Waals surface area (Å²) >= 11 is 0.